The molecule has 0 amide bonds. The highest BCUT2D eigenvalue weighted by atomic mass is 16.4. The van der Waals surface area contributed by atoms with Gasteiger partial charge in [-0.3, -0.25) is 4.79 Å². The molecule has 21 heavy (non-hydrogen) atoms. The summed E-state index contributed by atoms with van der Waals surface area (Å²) in [4.78, 5) is 16.1. The van der Waals surface area contributed by atoms with Crippen molar-refractivity contribution in [1.82, 2.24) is 14.9 Å². The van der Waals surface area contributed by atoms with E-state index in [0.717, 1.165) is 29.7 Å². The number of hydrogen-bond donors (Lipinski definition) is 2. The third-order valence-electron chi connectivity index (χ3n) is 3.40. The first-order valence-electron chi connectivity index (χ1n) is 7.46. The van der Waals surface area contributed by atoms with Crippen LogP contribution in [0.1, 0.15) is 33.0 Å². The van der Waals surface area contributed by atoms with E-state index in [2.05, 4.69) is 17.2 Å². The fraction of sp³-hybridized carbons (Fsp3) is 0.500. The largest absolute Gasteiger partial charge is 0.480 e. The van der Waals surface area contributed by atoms with Crippen molar-refractivity contribution in [2.45, 2.75) is 52.2 Å². The van der Waals surface area contributed by atoms with Crippen LogP contribution in [0.25, 0.3) is 11.0 Å². The van der Waals surface area contributed by atoms with Gasteiger partial charge in [-0.15, -0.1) is 0 Å². The van der Waals surface area contributed by atoms with Crippen LogP contribution in [0.4, 0.5) is 0 Å². The van der Waals surface area contributed by atoms with E-state index in [4.69, 9.17) is 0 Å². The van der Waals surface area contributed by atoms with Crippen LogP contribution in [-0.2, 0) is 17.8 Å². The first kappa shape index (κ1) is 15.5. The number of aryl methyl sites for hydroxylation is 1. The minimum absolute atomic E-state index is 0.121. The van der Waals surface area contributed by atoms with Gasteiger partial charge in [-0.2, -0.15) is 0 Å². The number of para-hydroxylation sites is 2. The number of rotatable bonds is 7. The predicted octanol–water partition coefficient (Wildman–Crippen LogP) is 2.44. The van der Waals surface area contributed by atoms with E-state index in [1.165, 1.54) is 0 Å². The third kappa shape index (κ3) is 3.61. The first-order valence-corrected chi connectivity index (χ1v) is 7.46. The molecule has 0 fully saturated rings. The van der Waals surface area contributed by atoms with E-state index in [1.54, 1.807) is 0 Å². The number of hydrogen-bond acceptors (Lipinski definition) is 3. The topological polar surface area (TPSA) is 67.2 Å². The third-order valence-corrected chi connectivity index (χ3v) is 3.40. The second-order valence-electron chi connectivity index (χ2n) is 5.59. The summed E-state index contributed by atoms with van der Waals surface area (Å²) < 4.78 is 2.03. The van der Waals surface area contributed by atoms with Crippen molar-refractivity contribution >= 4 is 17.0 Å². The van der Waals surface area contributed by atoms with Crippen molar-refractivity contribution < 1.29 is 9.90 Å². The van der Waals surface area contributed by atoms with Gasteiger partial charge in [0, 0.05) is 12.5 Å². The van der Waals surface area contributed by atoms with Gasteiger partial charge in [0.25, 0.3) is 0 Å². The molecule has 1 aromatic carbocycles. The van der Waals surface area contributed by atoms with E-state index < -0.39 is 12.0 Å². The van der Waals surface area contributed by atoms with Gasteiger partial charge in [0.1, 0.15) is 11.9 Å². The first-order chi connectivity index (χ1) is 10.0. The van der Waals surface area contributed by atoms with Gasteiger partial charge in [-0.05, 0) is 18.6 Å². The molecule has 1 heterocycles. The zero-order valence-electron chi connectivity index (χ0n) is 12.8. The van der Waals surface area contributed by atoms with E-state index in [1.807, 2.05) is 42.7 Å². The van der Waals surface area contributed by atoms with E-state index >= 15 is 0 Å². The van der Waals surface area contributed by atoms with Gasteiger partial charge in [-0.25, -0.2) is 4.98 Å². The zero-order chi connectivity index (χ0) is 15.4. The van der Waals surface area contributed by atoms with Crippen LogP contribution in [0, 0.1) is 0 Å². The quantitative estimate of drug-likeness (QED) is 0.821. The Morgan fingerprint density at radius 2 is 2.10 bits per heavy atom. The standard InChI is InChI=1S/C16H23N3O2/c1-4-7-15-18-12-8-5-6-9-14(12)19(15)10-13(16(20)21)17-11(2)3/h5-6,8-9,11,13,17H,4,7,10H2,1-3H3,(H,20,21). The van der Waals surface area contributed by atoms with E-state index in [9.17, 15) is 9.90 Å². The molecule has 0 radical (unpaired) electrons. The Bertz CT molecular complexity index is 619. The fourth-order valence-corrected chi connectivity index (χ4v) is 2.53. The van der Waals surface area contributed by atoms with E-state index in [-0.39, 0.29) is 6.04 Å². The molecule has 1 aromatic heterocycles. The van der Waals surface area contributed by atoms with Crippen molar-refractivity contribution in [3.63, 3.8) is 0 Å². The summed E-state index contributed by atoms with van der Waals surface area (Å²) in [7, 11) is 0. The predicted molar refractivity (Wildman–Crippen MR) is 83.4 cm³/mol. The van der Waals surface area contributed by atoms with Gasteiger partial charge >= 0.3 is 5.97 Å². The molecule has 2 aromatic rings. The number of imidazole rings is 1. The molecule has 114 valence electrons. The number of carbonyl (C=O) groups is 1. The van der Waals surface area contributed by atoms with Gasteiger partial charge < -0.3 is 15.0 Å². The molecule has 0 aliphatic heterocycles. The lowest BCUT2D eigenvalue weighted by Crippen LogP contribution is -2.44. The molecular weight excluding hydrogens is 266 g/mol. The minimum Gasteiger partial charge on any atom is -0.480 e. The molecule has 0 saturated carbocycles. The lowest BCUT2D eigenvalue weighted by Gasteiger charge is -2.19. The Hall–Kier alpha value is -1.88. The van der Waals surface area contributed by atoms with Crippen LogP contribution in [0.5, 0.6) is 0 Å². The Labute approximate surface area is 125 Å². The smallest absolute Gasteiger partial charge is 0.322 e. The Morgan fingerprint density at radius 3 is 2.71 bits per heavy atom. The fourth-order valence-electron chi connectivity index (χ4n) is 2.53. The number of benzene rings is 1. The molecule has 5 heteroatoms. The molecule has 1 unspecified atom stereocenters. The number of aromatic nitrogens is 2. The zero-order valence-corrected chi connectivity index (χ0v) is 12.8. The highest BCUT2D eigenvalue weighted by Gasteiger charge is 2.21. The monoisotopic (exact) mass is 289 g/mol. The second-order valence-corrected chi connectivity index (χ2v) is 5.59. The van der Waals surface area contributed by atoms with Gasteiger partial charge in [0.15, 0.2) is 0 Å². The normalized spacial score (nSPS) is 13.0. The molecule has 2 rings (SSSR count). The summed E-state index contributed by atoms with van der Waals surface area (Å²) in [6, 6.07) is 7.39. The number of carboxylic acid groups (broad SMARTS) is 1. The summed E-state index contributed by atoms with van der Waals surface area (Å²) in [5.41, 5.74) is 1.92. The molecule has 0 spiro atoms. The SMILES string of the molecule is CCCc1nc2ccccc2n1CC(NC(C)C)C(=O)O. The maximum Gasteiger partial charge on any atom is 0.322 e. The molecule has 0 bridgehead atoms. The second kappa shape index (κ2) is 6.72. The molecule has 0 saturated heterocycles. The van der Waals surface area contributed by atoms with Crippen molar-refractivity contribution in [3.05, 3.63) is 30.1 Å². The van der Waals surface area contributed by atoms with Crippen LogP contribution in [0.15, 0.2) is 24.3 Å². The van der Waals surface area contributed by atoms with Crippen LogP contribution in [0.2, 0.25) is 0 Å². The molecule has 2 N–H and O–H groups in total. The van der Waals surface area contributed by atoms with Gasteiger partial charge in [-0.1, -0.05) is 32.9 Å². The van der Waals surface area contributed by atoms with Crippen molar-refractivity contribution in [2.24, 2.45) is 0 Å². The van der Waals surface area contributed by atoms with Gasteiger partial charge in [0.2, 0.25) is 0 Å². The summed E-state index contributed by atoms with van der Waals surface area (Å²) >= 11 is 0. The summed E-state index contributed by atoms with van der Waals surface area (Å²) in [5.74, 6) is 0.124. The number of nitrogens with zero attached hydrogens (tertiary/aromatic N) is 2. The number of fused-ring (bicyclic) bond motifs is 1. The molecule has 0 aliphatic rings. The maximum absolute atomic E-state index is 11.5. The summed E-state index contributed by atoms with van der Waals surface area (Å²) in [6.07, 6.45) is 1.83. The van der Waals surface area contributed by atoms with Crippen molar-refractivity contribution in [1.29, 1.82) is 0 Å². The van der Waals surface area contributed by atoms with Crippen LogP contribution >= 0.6 is 0 Å². The lowest BCUT2D eigenvalue weighted by molar-refractivity contribution is -0.140. The lowest BCUT2D eigenvalue weighted by atomic mass is 10.2. The molecule has 0 aliphatic carbocycles. The number of aliphatic carboxylic acids is 1. The van der Waals surface area contributed by atoms with Crippen LogP contribution < -0.4 is 5.32 Å². The highest BCUT2D eigenvalue weighted by Crippen LogP contribution is 2.18. The average Bonchev–Trinajstić information content (AvgIpc) is 2.76. The van der Waals surface area contributed by atoms with Crippen LogP contribution in [0.3, 0.4) is 0 Å². The number of carboxylic acids is 1. The summed E-state index contributed by atoms with van der Waals surface area (Å²) in [5, 5.41) is 12.5. The van der Waals surface area contributed by atoms with E-state index in [0.29, 0.717) is 6.54 Å². The Kier molecular flexibility index (Phi) is 4.96. The summed E-state index contributed by atoms with van der Waals surface area (Å²) in [6.45, 7) is 6.40. The molecular formula is C16H23N3O2. The van der Waals surface area contributed by atoms with Crippen molar-refractivity contribution in [2.75, 3.05) is 0 Å². The molecule has 1 atom stereocenters. The minimum atomic E-state index is -0.830. The van der Waals surface area contributed by atoms with Crippen LogP contribution in [-0.4, -0.2) is 32.7 Å². The molecule has 5 nitrogen and oxygen atoms in total. The highest BCUT2D eigenvalue weighted by molar-refractivity contribution is 5.77. The maximum atomic E-state index is 11.5. The van der Waals surface area contributed by atoms with Gasteiger partial charge in [0.05, 0.1) is 17.6 Å². The Morgan fingerprint density at radius 1 is 1.38 bits per heavy atom. The van der Waals surface area contributed by atoms with Crippen molar-refractivity contribution in [3.8, 4) is 0 Å². The Balaban J connectivity index is 2.38. The average molecular weight is 289 g/mol. The number of nitrogens with one attached hydrogen (secondary N) is 1.